The van der Waals surface area contributed by atoms with Crippen molar-refractivity contribution in [3.63, 3.8) is 0 Å². The molecule has 1 atom stereocenters. The van der Waals surface area contributed by atoms with Crippen LogP contribution in [0.4, 0.5) is 0 Å². The van der Waals surface area contributed by atoms with Crippen molar-refractivity contribution in [3.05, 3.63) is 11.8 Å². The number of aliphatic hydroxyl groups excluding tert-OH is 1. The van der Waals surface area contributed by atoms with Gasteiger partial charge in [0.05, 0.1) is 12.7 Å². The van der Waals surface area contributed by atoms with E-state index in [1.165, 1.54) is 0 Å². The topological polar surface area (TPSA) is 47.3 Å². The molecule has 0 bridgehead atoms. The maximum absolute atomic E-state index is 9.38. The van der Waals surface area contributed by atoms with Crippen LogP contribution in [-0.2, 0) is 12.0 Å². The number of aliphatic hydroxyl groups is 1. The minimum atomic E-state index is -0.435. The Morgan fingerprint density at radius 1 is 1.41 bits per heavy atom. The van der Waals surface area contributed by atoms with Gasteiger partial charge in [-0.1, -0.05) is 34.6 Å². The molecule has 0 saturated carbocycles. The summed E-state index contributed by atoms with van der Waals surface area (Å²) in [4.78, 5) is 0. The van der Waals surface area contributed by atoms with E-state index in [0.29, 0.717) is 13.2 Å². The SMILES string of the molecule is CC.CC(C)(C)c1cnn2c1OCC(O)C2.[Pr]. The van der Waals surface area contributed by atoms with E-state index in [1.54, 1.807) is 4.68 Å². The van der Waals surface area contributed by atoms with Gasteiger partial charge in [0.1, 0.15) is 12.7 Å². The Balaban J connectivity index is 0.000000811. The molecule has 0 spiro atoms. The predicted octanol–water partition coefficient (Wildman–Crippen LogP) is 1.96. The van der Waals surface area contributed by atoms with Crippen molar-refractivity contribution in [2.24, 2.45) is 0 Å². The predicted molar refractivity (Wildman–Crippen MR) is 63.8 cm³/mol. The number of rotatable bonds is 0. The first-order chi connectivity index (χ1) is 7.48. The van der Waals surface area contributed by atoms with Gasteiger partial charge >= 0.3 is 0 Å². The van der Waals surface area contributed by atoms with Crippen molar-refractivity contribution >= 4 is 0 Å². The van der Waals surface area contributed by atoms with Crippen LogP contribution < -0.4 is 4.74 Å². The molecule has 0 saturated heterocycles. The molecule has 1 N–H and O–H groups in total. The Bertz CT molecular complexity index is 345. The molecular weight excluding hydrogens is 345 g/mol. The number of ether oxygens (including phenoxy) is 1. The van der Waals surface area contributed by atoms with Crippen LogP contribution in [0.15, 0.2) is 6.20 Å². The van der Waals surface area contributed by atoms with Gasteiger partial charge in [-0.2, -0.15) is 5.10 Å². The van der Waals surface area contributed by atoms with Crippen LogP contribution in [0.2, 0.25) is 0 Å². The quantitative estimate of drug-likeness (QED) is 0.763. The van der Waals surface area contributed by atoms with Crippen LogP contribution in [0.5, 0.6) is 5.88 Å². The molecule has 2 rings (SSSR count). The summed E-state index contributed by atoms with van der Waals surface area (Å²) in [6.45, 7) is 11.3. The van der Waals surface area contributed by atoms with Crippen molar-refractivity contribution < 1.29 is 51.1 Å². The van der Waals surface area contributed by atoms with Crippen LogP contribution in [0, 0.1) is 41.3 Å². The third-order valence-corrected chi connectivity index (χ3v) is 2.40. The van der Waals surface area contributed by atoms with Crippen molar-refractivity contribution in [1.29, 1.82) is 0 Å². The maximum Gasteiger partial charge on any atom is 0.215 e. The van der Waals surface area contributed by atoms with Crippen molar-refractivity contribution in [3.8, 4) is 5.88 Å². The molecule has 0 fully saturated rings. The second kappa shape index (κ2) is 7.05. The van der Waals surface area contributed by atoms with Gasteiger partial charge in [-0.05, 0) is 5.41 Å². The molecular formula is C12H22N2O2Pr. The molecule has 17 heavy (non-hydrogen) atoms. The van der Waals surface area contributed by atoms with Gasteiger partial charge in [-0.15, -0.1) is 0 Å². The van der Waals surface area contributed by atoms with Crippen molar-refractivity contribution in [2.75, 3.05) is 6.61 Å². The van der Waals surface area contributed by atoms with Crippen molar-refractivity contribution in [2.45, 2.75) is 52.7 Å². The molecule has 2 heterocycles. The molecule has 1 aliphatic rings. The standard InChI is InChI=1S/C10H16N2O2.C2H6.Pr/c1-10(2,3)8-4-11-12-5-7(13)6-14-9(8)12;1-2;/h4,7,13H,5-6H2,1-3H3;1-2H3;. The zero-order valence-corrected chi connectivity index (χ0v) is 15.1. The fourth-order valence-corrected chi connectivity index (χ4v) is 1.60. The second-order valence-electron chi connectivity index (χ2n) is 4.76. The molecule has 1 aromatic rings. The average molecular weight is 367 g/mol. The van der Waals surface area contributed by atoms with Gasteiger partial charge in [-0.3, -0.25) is 0 Å². The van der Waals surface area contributed by atoms with Crippen LogP contribution >= 0.6 is 0 Å². The molecule has 0 aromatic carbocycles. The van der Waals surface area contributed by atoms with E-state index in [1.807, 2.05) is 20.0 Å². The minimum absolute atomic E-state index is 0. The Hall–Kier alpha value is 0.334. The van der Waals surface area contributed by atoms with Crippen LogP contribution in [0.1, 0.15) is 40.2 Å². The first-order valence-corrected chi connectivity index (χ1v) is 5.85. The number of hydrogen-bond acceptors (Lipinski definition) is 3. The molecule has 0 aliphatic carbocycles. The van der Waals surface area contributed by atoms with E-state index in [9.17, 15) is 5.11 Å². The summed E-state index contributed by atoms with van der Waals surface area (Å²) in [6, 6.07) is 0. The van der Waals surface area contributed by atoms with Crippen LogP contribution in [0.25, 0.3) is 0 Å². The molecule has 1 radical (unpaired) electrons. The Labute approximate surface area is 137 Å². The normalized spacial score (nSPS) is 18.1. The molecule has 1 aliphatic heterocycles. The molecule has 95 valence electrons. The molecule has 0 amide bonds. The van der Waals surface area contributed by atoms with E-state index in [0.717, 1.165) is 11.4 Å². The smallest absolute Gasteiger partial charge is 0.215 e. The molecule has 1 unspecified atom stereocenters. The van der Waals surface area contributed by atoms with Gasteiger partial charge in [0.25, 0.3) is 0 Å². The maximum atomic E-state index is 9.38. The molecule has 5 heteroatoms. The third-order valence-electron chi connectivity index (χ3n) is 2.40. The summed E-state index contributed by atoms with van der Waals surface area (Å²) >= 11 is 0. The zero-order chi connectivity index (χ0) is 12.3. The monoisotopic (exact) mass is 367 g/mol. The number of aromatic nitrogens is 2. The third kappa shape index (κ3) is 4.18. The first kappa shape index (κ1) is 17.3. The average Bonchev–Trinajstić information content (AvgIpc) is 2.62. The van der Waals surface area contributed by atoms with E-state index in [-0.39, 0.29) is 46.7 Å². The summed E-state index contributed by atoms with van der Waals surface area (Å²) in [5, 5.41) is 13.6. The van der Waals surface area contributed by atoms with Gasteiger partial charge in [0.2, 0.25) is 5.88 Å². The first-order valence-electron chi connectivity index (χ1n) is 5.85. The van der Waals surface area contributed by atoms with Gasteiger partial charge in [-0.25, -0.2) is 4.68 Å². The summed E-state index contributed by atoms with van der Waals surface area (Å²) in [7, 11) is 0. The number of hydrogen-bond donors (Lipinski definition) is 1. The Morgan fingerprint density at radius 2 is 2.00 bits per heavy atom. The summed E-state index contributed by atoms with van der Waals surface area (Å²) in [5.74, 6) is 0.808. The fraction of sp³-hybridized carbons (Fsp3) is 0.750. The van der Waals surface area contributed by atoms with Crippen LogP contribution in [0.3, 0.4) is 0 Å². The van der Waals surface area contributed by atoms with Gasteiger partial charge < -0.3 is 9.84 Å². The Morgan fingerprint density at radius 3 is 2.53 bits per heavy atom. The largest absolute Gasteiger partial charge is 0.475 e. The van der Waals surface area contributed by atoms with E-state index >= 15 is 0 Å². The Kier molecular flexibility index (Phi) is 7.19. The van der Waals surface area contributed by atoms with Crippen LogP contribution in [-0.4, -0.2) is 27.6 Å². The molecule has 1 aromatic heterocycles. The second-order valence-corrected chi connectivity index (χ2v) is 4.76. The zero-order valence-electron chi connectivity index (χ0n) is 11.4. The minimum Gasteiger partial charge on any atom is -0.475 e. The molecule has 4 nitrogen and oxygen atoms in total. The van der Waals surface area contributed by atoms with Crippen molar-refractivity contribution in [1.82, 2.24) is 9.78 Å². The van der Waals surface area contributed by atoms with E-state index < -0.39 is 6.10 Å². The van der Waals surface area contributed by atoms with Gasteiger partial charge in [0, 0.05) is 46.9 Å². The number of nitrogens with zero attached hydrogens (tertiary/aromatic N) is 2. The summed E-state index contributed by atoms with van der Waals surface area (Å²) in [5.41, 5.74) is 1.14. The van der Waals surface area contributed by atoms with E-state index in [2.05, 4.69) is 25.9 Å². The summed E-state index contributed by atoms with van der Waals surface area (Å²) < 4.78 is 7.21. The fourth-order valence-electron chi connectivity index (χ4n) is 1.60. The number of fused-ring (bicyclic) bond motifs is 1. The summed E-state index contributed by atoms with van der Waals surface area (Å²) in [6.07, 6.45) is 1.39. The van der Waals surface area contributed by atoms with E-state index in [4.69, 9.17) is 4.74 Å². The van der Waals surface area contributed by atoms with Gasteiger partial charge in [0.15, 0.2) is 0 Å².